The number of carbonyl (C=O) groups is 2. The van der Waals surface area contributed by atoms with Gasteiger partial charge in [0, 0.05) is 25.9 Å². The van der Waals surface area contributed by atoms with Crippen molar-refractivity contribution >= 4 is 17.7 Å². The third kappa shape index (κ3) is 3.72. The lowest BCUT2D eigenvalue weighted by molar-refractivity contribution is -0.137. The van der Waals surface area contributed by atoms with Crippen molar-refractivity contribution in [2.45, 2.75) is 12.8 Å². The zero-order valence-electron chi connectivity index (χ0n) is 12.1. The molecule has 21 heavy (non-hydrogen) atoms. The number of carbonyl (C=O) groups excluding carboxylic acids is 1. The minimum atomic E-state index is -1.02. The Labute approximate surface area is 123 Å². The second-order valence-electron chi connectivity index (χ2n) is 4.97. The number of hydrogen-bond donors (Lipinski definition) is 1. The Hall–Kier alpha value is -2.08. The van der Waals surface area contributed by atoms with Crippen LogP contribution in [0.2, 0.25) is 0 Å². The zero-order valence-corrected chi connectivity index (χ0v) is 12.1. The minimum Gasteiger partial charge on any atom is -0.480 e. The quantitative estimate of drug-likeness (QED) is 0.894. The molecule has 0 aliphatic carbocycles. The number of aliphatic carboxylic acids is 1. The monoisotopic (exact) mass is 292 g/mol. The third-order valence-electron chi connectivity index (χ3n) is 3.50. The van der Waals surface area contributed by atoms with Crippen LogP contribution in [-0.4, -0.2) is 55.4 Å². The summed E-state index contributed by atoms with van der Waals surface area (Å²) >= 11 is 0. The highest BCUT2D eigenvalue weighted by Crippen LogP contribution is 2.27. The van der Waals surface area contributed by atoms with Gasteiger partial charge < -0.3 is 14.7 Å². The van der Waals surface area contributed by atoms with Crippen molar-refractivity contribution < 1.29 is 19.4 Å². The number of anilines is 1. The number of urea groups is 1. The first-order chi connectivity index (χ1) is 10.1. The molecule has 0 saturated heterocycles. The highest BCUT2D eigenvalue weighted by Gasteiger charge is 2.27. The first kappa shape index (κ1) is 15.3. The topological polar surface area (TPSA) is 70.1 Å². The fourth-order valence-electron chi connectivity index (χ4n) is 2.51. The lowest BCUT2D eigenvalue weighted by atomic mass is 10.0. The van der Waals surface area contributed by atoms with E-state index in [0.717, 1.165) is 24.1 Å². The molecule has 0 bridgehead atoms. The van der Waals surface area contributed by atoms with E-state index >= 15 is 0 Å². The van der Waals surface area contributed by atoms with Crippen LogP contribution in [0.25, 0.3) is 0 Å². The summed E-state index contributed by atoms with van der Waals surface area (Å²) in [5.74, 6) is -1.02. The smallest absolute Gasteiger partial charge is 0.325 e. The molecule has 0 spiro atoms. The molecule has 0 unspecified atom stereocenters. The van der Waals surface area contributed by atoms with Crippen molar-refractivity contribution in [3.8, 4) is 0 Å². The van der Waals surface area contributed by atoms with Crippen molar-refractivity contribution in [1.82, 2.24) is 4.90 Å². The van der Waals surface area contributed by atoms with Gasteiger partial charge in [-0.15, -0.1) is 0 Å². The fourth-order valence-corrected chi connectivity index (χ4v) is 2.51. The van der Waals surface area contributed by atoms with Crippen molar-refractivity contribution in [3.63, 3.8) is 0 Å². The Kier molecular flexibility index (Phi) is 5.16. The van der Waals surface area contributed by atoms with Crippen molar-refractivity contribution in [3.05, 3.63) is 29.8 Å². The molecule has 1 heterocycles. The lowest BCUT2D eigenvalue weighted by Crippen LogP contribution is -2.48. The molecule has 2 amide bonds. The second kappa shape index (κ2) is 7.08. The largest absolute Gasteiger partial charge is 0.480 e. The summed E-state index contributed by atoms with van der Waals surface area (Å²) in [5.41, 5.74) is 2.00. The van der Waals surface area contributed by atoms with Crippen LogP contribution in [0.15, 0.2) is 24.3 Å². The van der Waals surface area contributed by atoms with Crippen LogP contribution in [0.3, 0.4) is 0 Å². The number of rotatable bonds is 5. The van der Waals surface area contributed by atoms with Crippen LogP contribution in [0.1, 0.15) is 12.0 Å². The molecule has 0 aromatic heterocycles. The van der Waals surface area contributed by atoms with E-state index in [2.05, 4.69) is 0 Å². The molecule has 1 aromatic rings. The van der Waals surface area contributed by atoms with Gasteiger partial charge in [-0.05, 0) is 24.5 Å². The highest BCUT2D eigenvalue weighted by atomic mass is 16.5. The number of amides is 2. The Balaban J connectivity index is 2.18. The molecule has 6 nitrogen and oxygen atoms in total. The first-order valence-corrected chi connectivity index (χ1v) is 6.98. The Bertz CT molecular complexity index is 518. The van der Waals surface area contributed by atoms with Crippen LogP contribution in [0.5, 0.6) is 0 Å². The molecule has 114 valence electrons. The summed E-state index contributed by atoms with van der Waals surface area (Å²) < 4.78 is 4.96. The molecule has 2 rings (SSSR count). The Morgan fingerprint density at radius 1 is 1.38 bits per heavy atom. The Morgan fingerprint density at radius 3 is 2.86 bits per heavy atom. The number of fused-ring (bicyclic) bond motifs is 1. The number of carboxylic acid groups (broad SMARTS) is 1. The normalized spacial score (nSPS) is 13.7. The van der Waals surface area contributed by atoms with Gasteiger partial charge in [0.15, 0.2) is 0 Å². The van der Waals surface area contributed by atoms with Gasteiger partial charge in [-0.25, -0.2) is 4.79 Å². The summed E-state index contributed by atoms with van der Waals surface area (Å²) in [6.45, 7) is 0.870. The van der Waals surface area contributed by atoms with E-state index in [1.54, 1.807) is 4.90 Å². The maximum absolute atomic E-state index is 12.6. The molecule has 0 fully saturated rings. The summed E-state index contributed by atoms with van der Waals surface area (Å²) in [6.07, 6.45) is 1.82. The molecule has 1 aliphatic rings. The van der Waals surface area contributed by atoms with E-state index < -0.39 is 5.97 Å². The zero-order chi connectivity index (χ0) is 15.2. The van der Waals surface area contributed by atoms with Gasteiger partial charge in [-0.1, -0.05) is 18.2 Å². The van der Waals surface area contributed by atoms with Crippen molar-refractivity contribution in [2.24, 2.45) is 0 Å². The number of ether oxygens (including phenoxy) is 1. The van der Waals surface area contributed by atoms with E-state index in [4.69, 9.17) is 9.84 Å². The number of carboxylic acids is 1. The van der Waals surface area contributed by atoms with Gasteiger partial charge in [-0.2, -0.15) is 0 Å². The van der Waals surface area contributed by atoms with E-state index in [9.17, 15) is 9.59 Å². The van der Waals surface area contributed by atoms with Crippen LogP contribution >= 0.6 is 0 Å². The molecule has 1 aromatic carbocycles. The fraction of sp³-hybridized carbons (Fsp3) is 0.467. The van der Waals surface area contributed by atoms with E-state index in [1.165, 1.54) is 12.0 Å². The Morgan fingerprint density at radius 2 is 2.14 bits per heavy atom. The van der Waals surface area contributed by atoms with Gasteiger partial charge in [0.25, 0.3) is 0 Å². The summed E-state index contributed by atoms with van der Waals surface area (Å²) in [7, 11) is 1.53. The third-order valence-corrected chi connectivity index (χ3v) is 3.50. The van der Waals surface area contributed by atoms with Crippen LogP contribution in [0.4, 0.5) is 10.5 Å². The van der Waals surface area contributed by atoms with Crippen LogP contribution in [-0.2, 0) is 16.0 Å². The number of methoxy groups -OCH3 is 1. The molecular weight excluding hydrogens is 272 g/mol. The molecule has 0 radical (unpaired) electrons. The molecule has 6 heteroatoms. The SMILES string of the molecule is COCCN(CC(=O)O)C(=O)N1CCCc2ccccc21. The average molecular weight is 292 g/mol. The van der Waals surface area contributed by atoms with Crippen molar-refractivity contribution in [2.75, 3.05) is 38.3 Å². The van der Waals surface area contributed by atoms with Crippen molar-refractivity contribution in [1.29, 1.82) is 0 Å². The summed E-state index contributed by atoms with van der Waals surface area (Å²) in [5, 5.41) is 8.97. The van der Waals surface area contributed by atoms with Crippen LogP contribution in [0, 0.1) is 0 Å². The maximum Gasteiger partial charge on any atom is 0.325 e. The molecule has 0 atom stereocenters. The minimum absolute atomic E-state index is 0.264. The standard InChI is InChI=1S/C15H20N2O4/c1-21-10-9-16(11-14(18)19)15(20)17-8-4-6-12-5-2-3-7-13(12)17/h2-3,5,7H,4,6,8-11H2,1H3,(H,18,19). The molecular formula is C15H20N2O4. The number of aryl methyl sites for hydroxylation is 1. The second-order valence-corrected chi connectivity index (χ2v) is 4.97. The number of hydrogen-bond acceptors (Lipinski definition) is 3. The van der Waals surface area contributed by atoms with E-state index in [-0.39, 0.29) is 19.1 Å². The predicted molar refractivity (Wildman–Crippen MR) is 78.6 cm³/mol. The van der Waals surface area contributed by atoms with Gasteiger partial charge >= 0.3 is 12.0 Å². The number of benzene rings is 1. The first-order valence-electron chi connectivity index (χ1n) is 6.98. The van der Waals surface area contributed by atoms with E-state index in [0.29, 0.717) is 13.2 Å². The lowest BCUT2D eigenvalue weighted by Gasteiger charge is -2.33. The van der Waals surface area contributed by atoms with Gasteiger partial charge in [0.05, 0.1) is 6.61 Å². The van der Waals surface area contributed by atoms with Gasteiger partial charge in [0.2, 0.25) is 0 Å². The number of para-hydroxylation sites is 1. The predicted octanol–water partition coefficient (Wildman–Crippen LogP) is 1.59. The van der Waals surface area contributed by atoms with E-state index in [1.807, 2.05) is 24.3 Å². The average Bonchev–Trinajstić information content (AvgIpc) is 2.50. The number of nitrogens with zero attached hydrogens (tertiary/aromatic N) is 2. The van der Waals surface area contributed by atoms with Gasteiger partial charge in [0.1, 0.15) is 6.54 Å². The van der Waals surface area contributed by atoms with Crippen LogP contribution < -0.4 is 4.90 Å². The molecule has 1 aliphatic heterocycles. The van der Waals surface area contributed by atoms with Gasteiger partial charge in [-0.3, -0.25) is 9.69 Å². The molecule has 0 saturated carbocycles. The summed E-state index contributed by atoms with van der Waals surface area (Å²) in [6, 6.07) is 7.47. The summed E-state index contributed by atoms with van der Waals surface area (Å²) in [4.78, 5) is 26.6. The maximum atomic E-state index is 12.6. The highest BCUT2D eigenvalue weighted by molar-refractivity contribution is 5.94. The molecule has 1 N–H and O–H groups in total.